The molecule has 0 atom stereocenters. The van der Waals surface area contributed by atoms with E-state index in [0.717, 1.165) is 38.0 Å². The normalized spacial score (nSPS) is 17.3. The van der Waals surface area contributed by atoms with Gasteiger partial charge in [-0.05, 0) is 51.3 Å². The summed E-state index contributed by atoms with van der Waals surface area (Å²) in [6.07, 6.45) is 3.14. The molecule has 1 aliphatic rings. The van der Waals surface area contributed by atoms with E-state index < -0.39 is 0 Å². The van der Waals surface area contributed by atoms with Crippen molar-refractivity contribution < 1.29 is 4.79 Å². The molecule has 0 radical (unpaired) electrons. The van der Waals surface area contributed by atoms with E-state index in [-0.39, 0.29) is 11.4 Å². The van der Waals surface area contributed by atoms with Gasteiger partial charge in [0.25, 0.3) is 5.91 Å². The molecule has 2 rings (SSSR count). The van der Waals surface area contributed by atoms with Crippen molar-refractivity contribution in [1.82, 2.24) is 4.90 Å². The number of amides is 1. The van der Waals surface area contributed by atoms with E-state index in [0.29, 0.717) is 10.6 Å². The fourth-order valence-electron chi connectivity index (χ4n) is 2.74. The highest BCUT2D eigenvalue weighted by Gasteiger charge is 2.36. The summed E-state index contributed by atoms with van der Waals surface area (Å²) in [5.74, 6) is 0.0774. The van der Waals surface area contributed by atoms with Crippen LogP contribution in [0.25, 0.3) is 0 Å². The molecular formula is C16H23ClN2O. The second kappa shape index (κ2) is 6.04. The Balaban J connectivity index is 2.30. The van der Waals surface area contributed by atoms with Gasteiger partial charge in [-0.1, -0.05) is 18.5 Å². The molecule has 1 fully saturated rings. The Morgan fingerprint density at radius 2 is 2.20 bits per heavy atom. The minimum absolute atomic E-state index is 0.0680. The van der Waals surface area contributed by atoms with Crippen molar-refractivity contribution in [2.45, 2.75) is 45.6 Å². The van der Waals surface area contributed by atoms with Crippen LogP contribution >= 0.6 is 11.6 Å². The highest BCUT2D eigenvalue weighted by atomic mass is 35.5. The van der Waals surface area contributed by atoms with Gasteiger partial charge < -0.3 is 10.2 Å². The van der Waals surface area contributed by atoms with E-state index in [4.69, 9.17) is 11.6 Å². The zero-order chi connectivity index (χ0) is 14.8. The molecule has 3 nitrogen and oxygen atoms in total. The van der Waals surface area contributed by atoms with Gasteiger partial charge in [-0.15, -0.1) is 0 Å². The van der Waals surface area contributed by atoms with Gasteiger partial charge in [-0.3, -0.25) is 4.79 Å². The minimum atomic E-state index is -0.0680. The van der Waals surface area contributed by atoms with Crippen molar-refractivity contribution in [3.8, 4) is 0 Å². The van der Waals surface area contributed by atoms with Crippen LogP contribution in [-0.4, -0.2) is 29.4 Å². The van der Waals surface area contributed by atoms with Crippen LogP contribution < -0.4 is 5.32 Å². The first kappa shape index (κ1) is 15.2. The molecule has 0 spiro atoms. The SMILES string of the molecule is CCCNc1ccc(Cl)cc1C(=O)N1CCCC1(C)C. The molecule has 20 heavy (non-hydrogen) atoms. The maximum Gasteiger partial charge on any atom is 0.256 e. The number of carbonyl (C=O) groups is 1. The molecule has 1 N–H and O–H groups in total. The fourth-order valence-corrected chi connectivity index (χ4v) is 2.91. The summed E-state index contributed by atoms with van der Waals surface area (Å²) in [4.78, 5) is 14.8. The summed E-state index contributed by atoms with van der Waals surface area (Å²) in [5.41, 5.74) is 1.49. The zero-order valence-corrected chi connectivity index (χ0v) is 13.3. The number of hydrogen-bond acceptors (Lipinski definition) is 2. The second-order valence-corrected chi connectivity index (χ2v) is 6.43. The molecule has 1 aromatic rings. The molecule has 1 heterocycles. The summed E-state index contributed by atoms with van der Waals surface area (Å²) >= 11 is 6.07. The highest BCUT2D eigenvalue weighted by Crippen LogP contribution is 2.32. The Bertz CT molecular complexity index is 499. The second-order valence-electron chi connectivity index (χ2n) is 5.99. The van der Waals surface area contributed by atoms with Crippen LogP contribution in [0.3, 0.4) is 0 Å². The predicted octanol–water partition coefficient (Wildman–Crippen LogP) is 4.18. The first-order valence-corrected chi connectivity index (χ1v) is 7.69. The molecule has 0 aromatic heterocycles. The molecule has 4 heteroatoms. The first-order chi connectivity index (χ1) is 9.45. The lowest BCUT2D eigenvalue weighted by Gasteiger charge is -2.32. The molecule has 110 valence electrons. The van der Waals surface area contributed by atoms with E-state index in [1.807, 2.05) is 17.0 Å². The van der Waals surface area contributed by atoms with Gasteiger partial charge in [-0.2, -0.15) is 0 Å². The van der Waals surface area contributed by atoms with Crippen molar-refractivity contribution >= 4 is 23.2 Å². The van der Waals surface area contributed by atoms with Crippen LogP contribution in [0.5, 0.6) is 0 Å². The average molecular weight is 295 g/mol. The maximum absolute atomic E-state index is 12.8. The first-order valence-electron chi connectivity index (χ1n) is 7.31. The molecule has 0 unspecified atom stereocenters. The third-order valence-corrected chi connectivity index (χ3v) is 4.16. The van der Waals surface area contributed by atoms with Gasteiger partial charge >= 0.3 is 0 Å². The van der Waals surface area contributed by atoms with E-state index in [1.165, 1.54) is 0 Å². The van der Waals surface area contributed by atoms with Gasteiger partial charge in [-0.25, -0.2) is 0 Å². The smallest absolute Gasteiger partial charge is 0.256 e. The van der Waals surface area contributed by atoms with E-state index in [9.17, 15) is 4.79 Å². The zero-order valence-electron chi connectivity index (χ0n) is 12.5. The summed E-state index contributed by atoms with van der Waals surface area (Å²) in [5, 5.41) is 3.92. The molecule has 1 aliphatic heterocycles. The predicted molar refractivity (Wildman–Crippen MR) is 84.6 cm³/mol. The van der Waals surface area contributed by atoms with Crippen LogP contribution in [-0.2, 0) is 0 Å². The number of halogens is 1. The molecular weight excluding hydrogens is 272 g/mol. The molecule has 1 saturated heterocycles. The number of nitrogens with zero attached hydrogens (tertiary/aromatic N) is 1. The number of carbonyl (C=O) groups excluding carboxylic acids is 1. The molecule has 0 saturated carbocycles. The molecule has 0 aliphatic carbocycles. The Labute approximate surface area is 126 Å². The largest absolute Gasteiger partial charge is 0.384 e. The van der Waals surface area contributed by atoms with Gasteiger partial charge in [0, 0.05) is 29.3 Å². The maximum atomic E-state index is 12.8. The van der Waals surface area contributed by atoms with Gasteiger partial charge in [0.15, 0.2) is 0 Å². The van der Waals surface area contributed by atoms with Gasteiger partial charge in [0.2, 0.25) is 0 Å². The van der Waals surface area contributed by atoms with Crippen molar-refractivity contribution in [2.24, 2.45) is 0 Å². The number of hydrogen-bond donors (Lipinski definition) is 1. The van der Waals surface area contributed by atoms with E-state index >= 15 is 0 Å². The Morgan fingerprint density at radius 1 is 1.45 bits per heavy atom. The third-order valence-electron chi connectivity index (χ3n) is 3.92. The van der Waals surface area contributed by atoms with Crippen molar-refractivity contribution in [3.63, 3.8) is 0 Å². The standard InChI is InChI=1S/C16H23ClN2O/c1-4-9-18-14-7-6-12(17)11-13(14)15(20)19-10-5-8-16(19,2)3/h6-7,11,18H,4-5,8-10H2,1-3H3. The lowest BCUT2D eigenvalue weighted by Crippen LogP contribution is -2.42. The Hall–Kier alpha value is -1.22. The topological polar surface area (TPSA) is 32.3 Å². The molecule has 0 bridgehead atoms. The number of rotatable bonds is 4. The highest BCUT2D eigenvalue weighted by molar-refractivity contribution is 6.31. The van der Waals surface area contributed by atoms with Crippen LogP contribution in [0.15, 0.2) is 18.2 Å². The summed E-state index contributed by atoms with van der Waals surface area (Å²) in [6, 6.07) is 5.50. The number of benzene rings is 1. The quantitative estimate of drug-likeness (QED) is 0.903. The number of anilines is 1. The molecule has 1 amide bonds. The monoisotopic (exact) mass is 294 g/mol. The minimum Gasteiger partial charge on any atom is -0.384 e. The van der Waals surface area contributed by atoms with Crippen LogP contribution in [0.2, 0.25) is 5.02 Å². The van der Waals surface area contributed by atoms with Crippen LogP contribution in [0.4, 0.5) is 5.69 Å². The van der Waals surface area contributed by atoms with Crippen LogP contribution in [0.1, 0.15) is 50.4 Å². The van der Waals surface area contributed by atoms with E-state index in [2.05, 4.69) is 26.1 Å². The van der Waals surface area contributed by atoms with Crippen molar-refractivity contribution in [2.75, 3.05) is 18.4 Å². The van der Waals surface area contributed by atoms with Crippen LogP contribution in [0, 0.1) is 0 Å². The summed E-state index contributed by atoms with van der Waals surface area (Å²) < 4.78 is 0. The Kier molecular flexibility index (Phi) is 4.59. The lowest BCUT2D eigenvalue weighted by atomic mass is 10.0. The van der Waals surface area contributed by atoms with Crippen molar-refractivity contribution in [1.29, 1.82) is 0 Å². The average Bonchev–Trinajstić information content (AvgIpc) is 2.76. The summed E-state index contributed by atoms with van der Waals surface area (Å²) in [7, 11) is 0. The van der Waals surface area contributed by atoms with Gasteiger partial charge in [0.05, 0.1) is 5.56 Å². The molecule has 1 aromatic carbocycles. The van der Waals surface area contributed by atoms with E-state index in [1.54, 1.807) is 6.07 Å². The summed E-state index contributed by atoms with van der Waals surface area (Å²) in [6.45, 7) is 8.04. The number of likely N-dealkylation sites (tertiary alicyclic amines) is 1. The number of nitrogens with one attached hydrogen (secondary N) is 1. The Morgan fingerprint density at radius 3 is 2.80 bits per heavy atom. The lowest BCUT2D eigenvalue weighted by molar-refractivity contribution is 0.0653. The fraction of sp³-hybridized carbons (Fsp3) is 0.562. The van der Waals surface area contributed by atoms with Gasteiger partial charge in [0.1, 0.15) is 0 Å². The van der Waals surface area contributed by atoms with Crippen molar-refractivity contribution in [3.05, 3.63) is 28.8 Å². The third kappa shape index (κ3) is 3.09.